The molecule has 0 saturated heterocycles. The number of hydrogen-bond acceptors (Lipinski definition) is 3. The Hall–Kier alpha value is -1.54. The molecule has 0 amide bonds. The maximum atomic E-state index is 14.6. The van der Waals surface area contributed by atoms with Gasteiger partial charge in [-0.05, 0) is 56.4 Å². The van der Waals surface area contributed by atoms with Crippen LogP contribution in [0.5, 0.6) is 0 Å². The summed E-state index contributed by atoms with van der Waals surface area (Å²) in [6.07, 6.45) is 0.308. The van der Waals surface area contributed by atoms with E-state index < -0.39 is 39.9 Å². The molecule has 1 saturated carbocycles. The van der Waals surface area contributed by atoms with E-state index in [1.54, 1.807) is 6.92 Å². The Morgan fingerprint density at radius 1 is 1.35 bits per heavy atom. The predicted octanol–water partition coefficient (Wildman–Crippen LogP) is 2.40. The lowest BCUT2D eigenvalue weighted by Gasteiger charge is -2.32. The van der Waals surface area contributed by atoms with Gasteiger partial charge in [-0.2, -0.15) is 0 Å². The van der Waals surface area contributed by atoms with E-state index in [1.165, 1.54) is 12.1 Å². The van der Waals surface area contributed by atoms with Crippen molar-refractivity contribution in [3.8, 4) is 0 Å². The first-order valence-electron chi connectivity index (χ1n) is 7.30. The van der Waals surface area contributed by atoms with Crippen molar-refractivity contribution in [2.24, 2.45) is 5.92 Å². The first kappa shape index (κ1) is 17.8. The van der Waals surface area contributed by atoms with Gasteiger partial charge in [0.15, 0.2) is 0 Å². The van der Waals surface area contributed by atoms with Crippen LogP contribution in [-0.2, 0) is 14.8 Å². The quantitative estimate of drug-likeness (QED) is 0.857. The number of benzene rings is 1. The van der Waals surface area contributed by atoms with E-state index in [-0.39, 0.29) is 30.6 Å². The van der Waals surface area contributed by atoms with E-state index in [0.29, 0.717) is 5.56 Å². The number of hydrogen-bond donors (Lipinski definition) is 2. The van der Waals surface area contributed by atoms with Gasteiger partial charge in [0, 0.05) is 6.54 Å². The SMILES string of the molecule is Cc1cc(F)cc(S(=O)(=O)NCC2(F)CCC(C(=O)O)CC2)c1. The minimum atomic E-state index is -4.02. The Balaban J connectivity index is 2.03. The van der Waals surface area contributed by atoms with Crippen molar-refractivity contribution in [3.63, 3.8) is 0 Å². The highest BCUT2D eigenvalue weighted by Crippen LogP contribution is 2.35. The molecule has 0 bridgehead atoms. The van der Waals surface area contributed by atoms with E-state index in [9.17, 15) is 22.0 Å². The maximum absolute atomic E-state index is 14.6. The number of carbonyl (C=O) groups is 1. The summed E-state index contributed by atoms with van der Waals surface area (Å²) in [6, 6.07) is 3.38. The molecule has 0 unspecified atom stereocenters. The van der Waals surface area contributed by atoms with Crippen LogP contribution in [0.15, 0.2) is 23.1 Å². The standard InChI is InChI=1S/C15H19F2NO4S/c1-10-6-12(16)8-13(7-10)23(21,22)18-9-15(17)4-2-11(3-5-15)14(19)20/h6-8,11,18H,2-5,9H2,1H3,(H,19,20). The highest BCUT2D eigenvalue weighted by Gasteiger charge is 2.38. The van der Waals surface area contributed by atoms with Crippen molar-refractivity contribution in [3.05, 3.63) is 29.6 Å². The predicted molar refractivity (Wildman–Crippen MR) is 79.8 cm³/mol. The number of rotatable bonds is 5. The van der Waals surface area contributed by atoms with Gasteiger partial charge < -0.3 is 5.11 Å². The molecule has 0 radical (unpaired) electrons. The van der Waals surface area contributed by atoms with Gasteiger partial charge in [-0.15, -0.1) is 0 Å². The molecule has 1 aliphatic rings. The third kappa shape index (κ3) is 4.48. The van der Waals surface area contributed by atoms with E-state index in [0.717, 1.165) is 6.07 Å². The molecular weight excluding hydrogens is 328 g/mol. The minimum Gasteiger partial charge on any atom is -0.481 e. The maximum Gasteiger partial charge on any atom is 0.306 e. The molecule has 0 heterocycles. The molecule has 0 spiro atoms. The molecule has 2 N–H and O–H groups in total. The largest absolute Gasteiger partial charge is 0.481 e. The molecule has 1 fully saturated rings. The fraction of sp³-hybridized carbons (Fsp3) is 0.533. The topological polar surface area (TPSA) is 83.5 Å². The number of nitrogens with one attached hydrogen (secondary N) is 1. The molecule has 1 aromatic carbocycles. The second kappa shape index (κ2) is 6.52. The molecule has 1 aromatic rings. The van der Waals surface area contributed by atoms with Crippen LogP contribution in [0.1, 0.15) is 31.2 Å². The van der Waals surface area contributed by atoms with Gasteiger partial charge in [-0.25, -0.2) is 21.9 Å². The molecule has 2 rings (SSSR count). The van der Waals surface area contributed by atoms with Crippen LogP contribution >= 0.6 is 0 Å². The Morgan fingerprint density at radius 3 is 2.48 bits per heavy atom. The van der Waals surface area contributed by atoms with Crippen LogP contribution in [0, 0.1) is 18.7 Å². The Morgan fingerprint density at radius 2 is 1.96 bits per heavy atom. The molecule has 0 atom stereocenters. The molecular formula is C15H19F2NO4S. The zero-order chi connectivity index (χ0) is 17.3. The summed E-state index contributed by atoms with van der Waals surface area (Å²) < 4.78 is 54.4. The van der Waals surface area contributed by atoms with Crippen molar-refractivity contribution in [1.29, 1.82) is 0 Å². The van der Waals surface area contributed by atoms with Crippen molar-refractivity contribution >= 4 is 16.0 Å². The van der Waals surface area contributed by atoms with Crippen molar-refractivity contribution in [1.82, 2.24) is 4.72 Å². The lowest BCUT2D eigenvalue weighted by atomic mass is 9.80. The molecule has 1 aliphatic carbocycles. The first-order valence-corrected chi connectivity index (χ1v) is 8.78. The summed E-state index contributed by atoms with van der Waals surface area (Å²) >= 11 is 0. The molecule has 128 valence electrons. The van der Waals surface area contributed by atoms with Crippen LogP contribution in [0.3, 0.4) is 0 Å². The molecule has 0 aliphatic heterocycles. The number of carboxylic acid groups (broad SMARTS) is 1. The van der Waals surface area contributed by atoms with Gasteiger partial charge in [0.1, 0.15) is 11.5 Å². The second-order valence-electron chi connectivity index (χ2n) is 6.05. The third-order valence-corrected chi connectivity index (χ3v) is 5.52. The summed E-state index contributed by atoms with van der Waals surface area (Å²) in [5.74, 6) is -2.22. The van der Waals surface area contributed by atoms with Crippen molar-refractivity contribution < 1.29 is 27.1 Å². The van der Waals surface area contributed by atoms with Gasteiger partial charge >= 0.3 is 5.97 Å². The summed E-state index contributed by atoms with van der Waals surface area (Å²) in [7, 11) is -4.02. The van der Waals surface area contributed by atoms with E-state index in [1.807, 2.05) is 0 Å². The zero-order valence-electron chi connectivity index (χ0n) is 12.7. The number of alkyl halides is 1. The summed E-state index contributed by atoms with van der Waals surface area (Å²) in [4.78, 5) is 10.6. The molecule has 0 aromatic heterocycles. The minimum absolute atomic E-state index is 0.0192. The first-order chi connectivity index (χ1) is 10.6. The van der Waals surface area contributed by atoms with Crippen LogP contribution in [0.2, 0.25) is 0 Å². The van der Waals surface area contributed by atoms with Crippen LogP contribution < -0.4 is 4.72 Å². The number of halogens is 2. The van der Waals surface area contributed by atoms with E-state index in [2.05, 4.69) is 4.72 Å². The normalized spacial score (nSPS) is 25.3. The van der Waals surface area contributed by atoms with Gasteiger partial charge in [0.05, 0.1) is 10.8 Å². The van der Waals surface area contributed by atoms with Crippen LogP contribution in [0.25, 0.3) is 0 Å². The summed E-state index contributed by atoms with van der Waals surface area (Å²) in [5, 5.41) is 8.90. The Kier molecular flexibility index (Phi) is 5.05. The highest BCUT2D eigenvalue weighted by molar-refractivity contribution is 7.89. The van der Waals surface area contributed by atoms with E-state index >= 15 is 0 Å². The lowest BCUT2D eigenvalue weighted by Crippen LogP contribution is -2.43. The van der Waals surface area contributed by atoms with E-state index in [4.69, 9.17) is 5.11 Å². The highest BCUT2D eigenvalue weighted by atomic mass is 32.2. The smallest absolute Gasteiger partial charge is 0.306 e. The fourth-order valence-electron chi connectivity index (χ4n) is 2.72. The number of aryl methyl sites for hydroxylation is 1. The fourth-order valence-corrected chi connectivity index (χ4v) is 3.95. The van der Waals surface area contributed by atoms with Crippen molar-refractivity contribution in [2.75, 3.05) is 6.54 Å². The molecule has 23 heavy (non-hydrogen) atoms. The summed E-state index contributed by atoms with van der Waals surface area (Å²) in [6.45, 7) is 1.11. The number of aliphatic carboxylic acids is 1. The van der Waals surface area contributed by atoms with Crippen LogP contribution in [-0.4, -0.2) is 31.7 Å². The molecule has 8 heteroatoms. The van der Waals surface area contributed by atoms with Crippen molar-refractivity contribution in [2.45, 2.75) is 43.2 Å². The monoisotopic (exact) mass is 347 g/mol. The van der Waals surface area contributed by atoms with Gasteiger partial charge in [0.25, 0.3) is 0 Å². The Bertz CT molecular complexity index is 677. The number of sulfonamides is 1. The van der Waals surface area contributed by atoms with Crippen LogP contribution in [0.4, 0.5) is 8.78 Å². The zero-order valence-corrected chi connectivity index (χ0v) is 13.5. The summed E-state index contributed by atoms with van der Waals surface area (Å²) in [5.41, 5.74) is -1.33. The van der Waals surface area contributed by atoms with Gasteiger partial charge in [0.2, 0.25) is 10.0 Å². The third-order valence-electron chi connectivity index (χ3n) is 4.14. The van der Waals surface area contributed by atoms with Gasteiger partial charge in [-0.3, -0.25) is 4.79 Å². The average Bonchev–Trinajstić information content (AvgIpc) is 2.45. The second-order valence-corrected chi connectivity index (χ2v) is 7.82. The lowest BCUT2D eigenvalue weighted by molar-refractivity contribution is -0.143. The Labute approximate surface area is 133 Å². The number of carboxylic acids is 1. The van der Waals surface area contributed by atoms with Gasteiger partial charge in [-0.1, -0.05) is 0 Å². The molecule has 5 nitrogen and oxygen atoms in total. The average molecular weight is 347 g/mol.